The fourth-order valence-corrected chi connectivity index (χ4v) is 3.13. The summed E-state index contributed by atoms with van der Waals surface area (Å²) in [6.07, 6.45) is 3.54. The van der Waals surface area contributed by atoms with Crippen LogP contribution in [0.4, 0.5) is 20.7 Å². The van der Waals surface area contributed by atoms with Crippen LogP contribution >= 0.6 is 0 Å². The van der Waals surface area contributed by atoms with Gasteiger partial charge in [0.15, 0.2) is 5.82 Å². The number of aryl methyl sites for hydroxylation is 1. The van der Waals surface area contributed by atoms with Gasteiger partial charge in [0.05, 0.1) is 0 Å². The lowest BCUT2D eigenvalue weighted by Gasteiger charge is -2.35. The molecule has 0 bridgehead atoms. The zero-order chi connectivity index (χ0) is 19.5. The number of hydrogen-bond acceptors (Lipinski definition) is 5. The van der Waals surface area contributed by atoms with Crippen molar-refractivity contribution < 1.29 is 9.18 Å². The highest BCUT2D eigenvalue weighted by Crippen LogP contribution is 2.18. The van der Waals surface area contributed by atoms with Gasteiger partial charge in [-0.25, -0.2) is 23.8 Å². The van der Waals surface area contributed by atoms with E-state index in [4.69, 9.17) is 0 Å². The first-order valence-corrected chi connectivity index (χ1v) is 9.01. The largest absolute Gasteiger partial charge is 0.353 e. The molecule has 2 amide bonds. The van der Waals surface area contributed by atoms with E-state index in [2.05, 4.69) is 25.3 Å². The summed E-state index contributed by atoms with van der Waals surface area (Å²) in [6, 6.07) is 9.37. The number of amides is 2. The molecular formula is C19H20FN7O. The minimum absolute atomic E-state index is 0.235. The fourth-order valence-electron chi connectivity index (χ4n) is 3.13. The Kier molecular flexibility index (Phi) is 4.88. The van der Waals surface area contributed by atoms with Gasteiger partial charge in [-0.05, 0) is 31.2 Å². The van der Waals surface area contributed by atoms with E-state index in [1.807, 2.05) is 25.3 Å². The van der Waals surface area contributed by atoms with Crippen LogP contribution in [0.2, 0.25) is 0 Å². The van der Waals surface area contributed by atoms with Crippen LogP contribution < -0.4 is 10.2 Å². The first-order valence-electron chi connectivity index (χ1n) is 9.01. The molecule has 28 heavy (non-hydrogen) atoms. The lowest BCUT2D eigenvalue weighted by atomic mass is 10.3. The number of carbonyl (C=O) groups is 1. The van der Waals surface area contributed by atoms with Crippen molar-refractivity contribution in [1.29, 1.82) is 0 Å². The number of urea groups is 1. The summed E-state index contributed by atoms with van der Waals surface area (Å²) in [5.41, 5.74) is 0.447. The SMILES string of the molecule is Cc1nc(N2CCN(C(=O)Nc3cccc(F)c3)CC2)cc(-n2cccn2)n1. The van der Waals surface area contributed by atoms with Crippen molar-refractivity contribution in [3.63, 3.8) is 0 Å². The molecule has 0 spiro atoms. The number of nitrogens with zero attached hydrogens (tertiary/aromatic N) is 6. The van der Waals surface area contributed by atoms with Crippen molar-refractivity contribution in [2.75, 3.05) is 36.4 Å². The third-order valence-corrected chi connectivity index (χ3v) is 4.52. The van der Waals surface area contributed by atoms with E-state index in [-0.39, 0.29) is 11.8 Å². The van der Waals surface area contributed by atoms with Gasteiger partial charge in [-0.1, -0.05) is 6.07 Å². The van der Waals surface area contributed by atoms with Crippen molar-refractivity contribution in [3.8, 4) is 5.82 Å². The molecule has 1 fully saturated rings. The Hall–Kier alpha value is -3.49. The monoisotopic (exact) mass is 381 g/mol. The molecule has 144 valence electrons. The highest BCUT2D eigenvalue weighted by atomic mass is 19.1. The highest BCUT2D eigenvalue weighted by Gasteiger charge is 2.23. The summed E-state index contributed by atoms with van der Waals surface area (Å²) < 4.78 is 15.0. The van der Waals surface area contributed by atoms with Gasteiger partial charge in [-0.3, -0.25) is 0 Å². The lowest BCUT2D eigenvalue weighted by Crippen LogP contribution is -2.50. The van der Waals surface area contributed by atoms with Crippen molar-refractivity contribution in [2.45, 2.75) is 6.92 Å². The molecule has 1 N–H and O–H groups in total. The molecule has 0 aliphatic carbocycles. The van der Waals surface area contributed by atoms with Gasteiger partial charge in [0.1, 0.15) is 17.5 Å². The number of rotatable bonds is 3. The zero-order valence-electron chi connectivity index (χ0n) is 15.4. The average molecular weight is 381 g/mol. The molecule has 1 aliphatic heterocycles. The van der Waals surface area contributed by atoms with Crippen molar-refractivity contribution in [3.05, 3.63) is 60.4 Å². The van der Waals surface area contributed by atoms with Crippen LogP contribution in [-0.4, -0.2) is 56.9 Å². The number of aromatic nitrogens is 4. The van der Waals surface area contributed by atoms with Crippen molar-refractivity contribution in [1.82, 2.24) is 24.6 Å². The first-order chi connectivity index (χ1) is 13.6. The van der Waals surface area contributed by atoms with Crippen LogP contribution in [0.3, 0.4) is 0 Å². The topological polar surface area (TPSA) is 79.2 Å². The summed E-state index contributed by atoms with van der Waals surface area (Å²) in [7, 11) is 0. The second-order valence-electron chi connectivity index (χ2n) is 6.50. The molecule has 3 aromatic rings. The lowest BCUT2D eigenvalue weighted by molar-refractivity contribution is 0.208. The third kappa shape index (κ3) is 3.93. The Morgan fingerprint density at radius 1 is 1.07 bits per heavy atom. The van der Waals surface area contributed by atoms with Gasteiger partial charge in [0, 0.05) is 50.3 Å². The highest BCUT2D eigenvalue weighted by molar-refractivity contribution is 5.89. The Bertz CT molecular complexity index is 968. The van der Waals surface area contributed by atoms with E-state index in [1.54, 1.807) is 27.9 Å². The van der Waals surface area contributed by atoms with E-state index in [0.29, 0.717) is 43.5 Å². The first kappa shape index (κ1) is 17.9. The summed E-state index contributed by atoms with van der Waals surface area (Å²) in [5, 5.41) is 6.95. The number of carbonyl (C=O) groups excluding carboxylic acids is 1. The quantitative estimate of drug-likeness (QED) is 0.754. The van der Waals surface area contributed by atoms with Crippen molar-refractivity contribution in [2.24, 2.45) is 0 Å². The predicted molar refractivity (Wildman–Crippen MR) is 103 cm³/mol. The maximum atomic E-state index is 13.3. The van der Waals surface area contributed by atoms with Crippen LogP contribution in [0.15, 0.2) is 48.8 Å². The average Bonchev–Trinajstić information content (AvgIpc) is 3.22. The van der Waals surface area contributed by atoms with Gasteiger partial charge in [-0.2, -0.15) is 5.10 Å². The molecule has 8 nitrogen and oxygen atoms in total. The van der Waals surface area contributed by atoms with Gasteiger partial charge >= 0.3 is 6.03 Å². The number of benzene rings is 1. The van der Waals surface area contributed by atoms with Gasteiger partial charge in [0.2, 0.25) is 0 Å². The van der Waals surface area contributed by atoms with E-state index in [9.17, 15) is 9.18 Å². The molecule has 0 unspecified atom stereocenters. The normalized spacial score (nSPS) is 14.2. The number of hydrogen-bond donors (Lipinski definition) is 1. The van der Waals surface area contributed by atoms with E-state index < -0.39 is 0 Å². The molecule has 9 heteroatoms. The summed E-state index contributed by atoms with van der Waals surface area (Å²) in [6.45, 7) is 4.22. The standard InChI is InChI=1S/C19H20FN7O/c1-14-22-17(13-18(23-14)27-7-3-6-21-27)25-8-10-26(11-9-25)19(28)24-16-5-2-4-15(20)12-16/h2-7,12-13H,8-11H2,1H3,(H,24,28). The summed E-state index contributed by atoms with van der Waals surface area (Å²) in [4.78, 5) is 25.2. The molecule has 2 aromatic heterocycles. The van der Waals surface area contributed by atoms with Crippen LogP contribution in [0.1, 0.15) is 5.82 Å². The fraction of sp³-hybridized carbons (Fsp3) is 0.263. The van der Waals surface area contributed by atoms with E-state index in [1.165, 1.54) is 12.1 Å². The second kappa shape index (κ2) is 7.63. The van der Waals surface area contributed by atoms with Crippen LogP contribution in [0, 0.1) is 12.7 Å². The Balaban J connectivity index is 1.41. The van der Waals surface area contributed by atoms with Crippen LogP contribution in [0.25, 0.3) is 5.82 Å². The van der Waals surface area contributed by atoms with Crippen LogP contribution in [-0.2, 0) is 0 Å². The maximum absolute atomic E-state index is 13.3. The minimum Gasteiger partial charge on any atom is -0.353 e. The minimum atomic E-state index is -0.380. The van der Waals surface area contributed by atoms with Crippen LogP contribution in [0.5, 0.6) is 0 Å². The maximum Gasteiger partial charge on any atom is 0.321 e. The number of nitrogens with one attached hydrogen (secondary N) is 1. The predicted octanol–water partition coefficient (Wildman–Crippen LogP) is 2.46. The molecule has 1 aromatic carbocycles. The smallest absolute Gasteiger partial charge is 0.321 e. The molecule has 0 radical (unpaired) electrons. The molecule has 0 saturated carbocycles. The Morgan fingerprint density at radius 3 is 2.57 bits per heavy atom. The van der Waals surface area contributed by atoms with Gasteiger partial charge in [-0.15, -0.1) is 0 Å². The number of anilines is 2. The third-order valence-electron chi connectivity index (χ3n) is 4.52. The molecule has 4 rings (SSSR count). The molecule has 3 heterocycles. The molecule has 1 aliphatic rings. The Labute approximate surface area is 161 Å². The van der Waals surface area contributed by atoms with E-state index in [0.717, 1.165) is 5.82 Å². The molecule has 0 atom stereocenters. The second-order valence-corrected chi connectivity index (χ2v) is 6.50. The molecule has 1 saturated heterocycles. The number of piperazine rings is 1. The summed E-state index contributed by atoms with van der Waals surface area (Å²) in [5.74, 6) is 1.80. The van der Waals surface area contributed by atoms with Crippen molar-refractivity contribution >= 4 is 17.5 Å². The zero-order valence-corrected chi connectivity index (χ0v) is 15.4. The van der Waals surface area contributed by atoms with Gasteiger partial charge in [0.25, 0.3) is 0 Å². The van der Waals surface area contributed by atoms with E-state index >= 15 is 0 Å². The molecular weight excluding hydrogens is 361 g/mol. The summed E-state index contributed by atoms with van der Waals surface area (Å²) >= 11 is 0. The number of halogens is 1. The Morgan fingerprint density at radius 2 is 1.86 bits per heavy atom. The van der Waals surface area contributed by atoms with Gasteiger partial charge < -0.3 is 15.1 Å².